The van der Waals surface area contributed by atoms with E-state index < -0.39 is 17.6 Å². The summed E-state index contributed by atoms with van der Waals surface area (Å²) in [4.78, 5) is 13.3. The molecule has 116 valence electrons. The quantitative estimate of drug-likeness (QED) is 0.524. The third-order valence-corrected chi connectivity index (χ3v) is 3.35. The Morgan fingerprint density at radius 1 is 1.24 bits per heavy atom. The first-order valence-electron chi connectivity index (χ1n) is 6.34. The van der Waals surface area contributed by atoms with Gasteiger partial charge in [0.15, 0.2) is 0 Å². The molecule has 0 atom stereocenters. The first-order valence-corrected chi connectivity index (χ1v) is 6.34. The number of nitrogens with two attached hydrogens (primary N) is 1. The van der Waals surface area contributed by atoms with Crippen LogP contribution in [0.3, 0.4) is 0 Å². The van der Waals surface area contributed by atoms with Crippen molar-refractivity contribution in [1.29, 1.82) is 0 Å². The van der Waals surface area contributed by atoms with Gasteiger partial charge in [0.05, 0.1) is 11.5 Å². The molecule has 1 aliphatic heterocycles. The van der Waals surface area contributed by atoms with E-state index in [4.69, 9.17) is 5.73 Å². The molecule has 1 aliphatic rings. The lowest BCUT2D eigenvalue weighted by molar-refractivity contribution is -0.383. The smallest absolute Gasteiger partial charge is 0.393 e. The summed E-state index contributed by atoms with van der Waals surface area (Å²) in [5.74, 6) is 0. The molecule has 0 amide bonds. The predicted molar refractivity (Wildman–Crippen MR) is 72.2 cm³/mol. The number of benzene rings is 1. The van der Waals surface area contributed by atoms with E-state index in [1.807, 2.05) is 4.90 Å². The second-order valence-corrected chi connectivity index (χ2v) is 4.88. The van der Waals surface area contributed by atoms with Crippen molar-refractivity contribution in [1.82, 2.24) is 4.90 Å². The van der Waals surface area contributed by atoms with E-state index in [-0.39, 0.29) is 24.5 Å². The second kappa shape index (κ2) is 5.76. The molecule has 1 fully saturated rings. The molecule has 1 aromatic rings. The monoisotopic (exact) mass is 304 g/mol. The van der Waals surface area contributed by atoms with Crippen LogP contribution in [0.25, 0.3) is 0 Å². The molecule has 6 nitrogen and oxygen atoms in total. The van der Waals surface area contributed by atoms with Gasteiger partial charge >= 0.3 is 6.18 Å². The van der Waals surface area contributed by atoms with Crippen LogP contribution in [-0.4, -0.2) is 48.7 Å². The Morgan fingerprint density at radius 2 is 1.86 bits per heavy atom. The summed E-state index contributed by atoms with van der Waals surface area (Å²) < 4.78 is 36.9. The van der Waals surface area contributed by atoms with Crippen molar-refractivity contribution in [3.8, 4) is 0 Å². The average molecular weight is 304 g/mol. The highest BCUT2D eigenvalue weighted by Crippen LogP contribution is 2.28. The minimum Gasteiger partial charge on any atom is -0.393 e. The van der Waals surface area contributed by atoms with Gasteiger partial charge in [0.1, 0.15) is 5.69 Å². The lowest BCUT2D eigenvalue weighted by Crippen LogP contribution is -2.49. The van der Waals surface area contributed by atoms with Crippen LogP contribution in [-0.2, 0) is 0 Å². The summed E-state index contributed by atoms with van der Waals surface area (Å²) >= 11 is 0. The number of alkyl halides is 3. The van der Waals surface area contributed by atoms with E-state index >= 15 is 0 Å². The summed E-state index contributed by atoms with van der Waals surface area (Å²) in [6.07, 6.45) is -4.19. The molecule has 0 bridgehead atoms. The standard InChI is InChI=1S/C12H15F3N4O2/c13-12(14,15)8-17-3-5-18(6-4-17)9-1-2-11(19(20)21)10(16)7-9/h1-2,7H,3-6,8,16H2. The minimum atomic E-state index is -4.19. The lowest BCUT2D eigenvalue weighted by atomic mass is 10.2. The van der Waals surface area contributed by atoms with Crippen molar-refractivity contribution in [3.63, 3.8) is 0 Å². The molecule has 1 heterocycles. The second-order valence-electron chi connectivity index (χ2n) is 4.88. The Labute approximate surface area is 119 Å². The zero-order valence-electron chi connectivity index (χ0n) is 11.1. The molecule has 9 heteroatoms. The van der Waals surface area contributed by atoms with Crippen molar-refractivity contribution < 1.29 is 18.1 Å². The van der Waals surface area contributed by atoms with Crippen molar-refractivity contribution >= 4 is 17.1 Å². The SMILES string of the molecule is Nc1cc(N2CCN(CC(F)(F)F)CC2)ccc1[N+](=O)[O-]. The van der Waals surface area contributed by atoms with E-state index in [9.17, 15) is 23.3 Å². The molecule has 0 unspecified atom stereocenters. The molecular weight excluding hydrogens is 289 g/mol. The molecule has 0 aliphatic carbocycles. The topological polar surface area (TPSA) is 75.6 Å². The molecule has 1 aromatic carbocycles. The summed E-state index contributed by atoms with van der Waals surface area (Å²) in [5.41, 5.74) is 6.18. The van der Waals surface area contributed by atoms with Crippen LogP contribution in [0, 0.1) is 10.1 Å². The van der Waals surface area contributed by atoms with Gasteiger partial charge in [-0.3, -0.25) is 15.0 Å². The van der Waals surface area contributed by atoms with Gasteiger partial charge in [-0.05, 0) is 12.1 Å². The third-order valence-electron chi connectivity index (χ3n) is 3.35. The number of hydrogen-bond donors (Lipinski definition) is 1. The van der Waals surface area contributed by atoms with Gasteiger partial charge in [-0.15, -0.1) is 0 Å². The first-order chi connectivity index (χ1) is 9.76. The van der Waals surface area contributed by atoms with Crippen LogP contribution < -0.4 is 10.6 Å². The fourth-order valence-electron chi connectivity index (χ4n) is 2.32. The number of hydrogen-bond acceptors (Lipinski definition) is 5. The zero-order valence-corrected chi connectivity index (χ0v) is 11.1. The average Bonchev–Trinajstić information content (AvgIpc) is 2.37. The van der Waals surface area contributed by atoms with Crippen LogP contribution in [0.1, 0.15) is 0 Å². The predicted octanol–water partition coefficient (Wildman–Crippen LogP) is 1.86. The van der Waals surface area contributed by atoms with Gasteiger partial charge in [0, 0.05) is 37.9 Å². The molecule has 0 radical (unpaired) electrons. The molecule has 0 spiro atoms. The first kappa shape index (κ1) is 15.4. The van der Waals surface area contributed by atoms with Crippen LogP contribution in [0.5, 0.6) is 0 Å². The fraction of sp³-hybridized carbons (Fsp3) is 0.500. The maximum absolute atomic E-state index is 12.3. The highest BCUT2D eigenvalue weighted by Gasteiger charge is 2.32. The Morgan fingerprint density at radius 3 is 2.33 bits per heavy atom. The Balaban J connectivity index is 1.99. The third kappa shape index (κ3) is 3.97. The zero-order chi connectivity index (χ0) is 15.6. The van der Waals surface area contributed by atoms with Crippen molar-refractivity contribution in [2.45, 2.75) is 6.18 Å². The summed E-state index contributed by atoms with van der Waals surface area (Å²) in [6.45, 7) is 0.511. The molecule has 0 saturated carbocycles. The van der Waals surface area contributed by atoms with Gasteiger partial charge in [-0.25, -0.2) is 0 Å². The van der Waals surface area contributed by atoms with E-state index in [2.05, 4.69) is 0 Å². The van der Waals surface area contributed by atoms with Crippen molar-refractivity contribution in [2.24, 2.45) is 0 Å². The lowest BCUT2D eigenvalue weighted by Gasteiger charge is -2.36. The highest BCUT2D eigenvalue weighted by molar-refractivity contribution is 5.66. The normalized spacial score (nSPS) is 17.0. The molecular formula is C12H15F3N4O2. The number of nitro benzene ring substituents is 1. The Hall–Kier alpha value is -2.03. The van der Waals surface area contributed by atoms with Gasteiger partial charge < -0.3 is 10.6 Å². The Kier molecular flexibility index (Phi) is 4.21. The summed E-state index contributed by atoms with van der Waals surface area (Å²) in [7, 11) is 0. The number of rotatable bonds is 3. The minimum absolute atomic E-state index is 0.0511. The van der Waals surface area contributed by atoms with E-state index in [0.717, 1.165) is 0 Å². The van der Waals surface area contributed by atoms with E-state index in [1.165, 1.54) is 17.0 Å². The Bertz CT molecular complexity index is 528. The van der Waals surface area contributed by atoms with E-state index in [0.29, 0.717) is 18.8 Å². The maximum Gasteiger partial charge on any atom is 0.401 e. The molecule has 1 saturated heterocycles. The van der Waals surface area contributed by atoms with Gasteiger partial charge in [0.25, 0.3) is 5.69 Å². The van der Waals surface area contributed by atoms with Gasteiger partial charge in [-0.2, -0.15) is 13.2 Å². The number of anilines is 2. The van der Waals surface area contributed by atoms with Crippen LogP contribution in [0.4, 0.5) is 30.2 Å². The summed E-state index contributed by atoms with van der Waals surface area (Å²) in [5, 5.41) is 10.7. The van der Waals surface area contributed by atoms with Crippen molar-refractivity contribution in [2.75, 3.05) is 43.4 Å². The molecule has 21 heavy (non-hydrogen) atoms. The van der Waals surface area contributed by atoms with Crippen LogP contribution >= 0.6 is 0 Å². The molecule has 2 rings (SSSR count). The fourth-order valence-corrected chi connectivity index (χ4v) is 2.32. The van der Waals surface area contributed by atoms with Gasteiger partial charge in [-0.1, -0.05) is 0 Å². The van der Waals surface area contributed by atoms with Crippen molar-refractivity contribution in [3.05, 3.63) is 28.3 Å². The summed E-state index contributed by atoms with van der Waals surface area (Å²) in [6, 6.07) is 4.36. The highest BCUT2D eigenvalue weighted by atomic mass is 19.4. The number of halogens is 3. The maximum atomic E-state index is 12.3. The number of piperazine rings is 1. The van der Waals surface area contributed by atoms with E-state index in [1.54, 1.807) is 6.07 Å². The number of nitrogens with zero attached hydrogens (tertiary/aromatic N) is 3. The number of nitrogen functional groups attached to an aromatic ring is 1. The van der Waals surface area contributed by atoms with Crippen LogP contribution in [0.15, 0.2) is 18.2 Å². The molecule has 0 aromatic heterocycles. The van der Waals surface area contributed by atoms with Crippen LogP contribution in [0.2, 0.25) is 0 Å². The van der Waals surface area contributed by atoms with Gasteiger partial charge in [0.2, 0.25) is 0 Å². The largest absolute Gasteiger partial charge is 0.401 e. The molecule has 2 N–H and O–H groups in total. The number of nitro groups is 1.